The van der Waals surface area contributed by atoms with Gasteiger partial charge < -0.3 is 23.5 Å². The van der Waals surface area contributed by atoms with E-state index < -0.39 is 12.1 Å². The molecule has 0 aliphatic heterocycles. The Balaban J connectivity index is 2.04. The molecule has 1 amide bonds. The van der Waals surface area contributed by atoms with E-state index in [1.54, 1.807) is 12.1 Å². The fourth-order valence-electron chi connectivity index (χ4n) is 2.76. The maximum atomic E-state index is 12.7. The highest BCUT2D eigenvalue weighted by Gasteiger charge is 2.41. The third-order valence-corrected chi connectivity index (χ3v) is 4.22. The lowest BCUT2D eigenvalue weighted by molar-refractivity contribution is -0.170. The Kier molecular flexibility index (Phi) is 5.27. The number of carbonyl (C=O) groups is 1. The second-order valence-electron chi connectivity index (χ2n) is 5.95. The first-order chi connectivity index (χ1) is 13.7. The van der Waals surface area contributed by atoms with Crippen LogP contribution in [0.2, 0.25) is 0 Å². The van der Waals surface area contributed by atoms with Gasteiger partial charge >= 0.3 is 12.1 Å². The summed E-state index contributed by atoms with van der Waals surface area (Å²) in [6.45, 7) is 0. The molecule has 3 aromatic rings. The van der Waals surface area contributed by atoms with Gasteiger partial charge in [-0.15, -0.1) is 0 Å². The van der Waals surface area contributed by atoms with E-state index in [0.29, 0.717) is 33.2 Å². The molecule has 0 N–H and O–H groups in total. The number of rotatable bonds is 5. The largest absolute Gasteiger partial charge is 0.493 e. The SMILES string of the molecule is COc1cc(-c2nc3ccc(N(C)C(=O)C(F)(F)F)cc3o2)cc(OC)c1OC. The number of ether oxygens (including phenoxy) is 3. The summed E-state index contributed by atoms with van der Waals surface area (Å²) < 4.78 is 59.6. The zero-order valence-electron chi connectivity index (χ0n) is 16.0. The van der Waals surface area contributed by atoms with E-state index in [0.717, 1.165) is 7.05 Å². The fourth-order valence-corrected chi connectivity index (χ4v) is 2.76. The van der Waals surface area contributed by atoms with Gasteiger partial charge in [-0.3, -0.25) is 4.79 Å². The Hall–Kier alpha value is -3.43. The van der Waals surface area contributed by atoms with E-state index in [4.69, 9.17) is 18.6 Å². The molecule has 0 fully saturated rings. The minimum Gasteiger partial charge on any atom is -0.493 e. The maximum Gasteiger partial charge on any atom is 0.471 e. The summed E-state index contributed by atoms with van der Waals surface area (Å²) in [4.78, 5) is 16.3. The molecule has 0 radical (unpaired) electrons. The topological polar surface area (TPSA) is 74.0 Å². The number of nitrogens with zero attached hydrogens (tertiary/aromatic N) is 2. The molecule has 0 unspecified atom stereocenters. The van der Waals surface area contributed by atoms with Crippen LogP contribution < -0.4 is 19.1 Å². The molecule has 2 aromatic carbocycles. The number of benzene rings is 2. The van der Waals surface area contributed by atoms with Gasteiger partial charge in [-0.25, -0.2) is 4.98 Å². The second kappa shape index (κ2) is 7.53. The Bertz CT molecular complexity index is 1040. The normalized spacial score (nSPS) is 11.4. The molecule has 1 heterocycles. The van der Waals surface area contributed by atoms with E-state index in [2.05, 4.69) is 4.98 Å². The molecule has 3 rings (SSSR count). The van der Waals surface area contributed by atoms with Gasteiger partial charge in [0.05, 0.1) is 21.3 Å². The van der Waals surface area contributed by atoms with Crippen molar-refractivity contribution in [2.45, 2.75) is 6.18 Å². The van der Waals surface area contributed by atoms with Crippen molar-refractivity contribution in [2.75, 3.05) is 33.3 Å². The van der Waals surface area contributed by atoms with E-state index in [-0.39, 0.29) is 17.2 Å². The van der Waals surface area contributed by atoms with Crippen LogP contribution in [0.5, 0.6) is 17.2 Å². The number of halogens is 3. The van der Waals surface area contributed by atoms with Gasteiger partial charge in [0, 0.05) is 24.4 Å². The van der Waals surface area contributed by atoms with E-state index in [1.165, 1.54) is 39.5 Å². The third-order valence-electron chi connectivity index (χ3n) is 4.22. The van der Waals surface area contributed by atoms with Crippen LogP contribution in [0, 0.1) is 0 Å². The number of fused-ring (bicyclic) bond motifs is 1. The molecule has 154 valence electrons. The average molecular weight is 410 g/mol. The van der Waals surface area contributed by atoms with E-state index in [1.807, 2.05) is 0 Å². The van der Waals surface area contributed by atoms with Crippen LogP contribution in [0.25, 0.3) is 22.6 Å². The highest BCUT2D eigenvalue weighted by molar-refractivity contribution is 5.98. The molecule has 0 aliphatic rings. The highest BCUT2D eigenvalue weighted by Crippen LogP contribution is 2.41. The van der Waals surface area contributed by atoms with Gasteiger partial charge in [-0.05, 0) is 24.3 Å². The maximum absolute atomic E-state index is 12.7. The molecule has 0 saturated carbocycles. The van der Waals surface area contributed by atoms with Gasteiger partial charge in [-0.2, -0.15) is 13.2 Å². The molecule has 29 heavy (non-hydrogen) atoms. The van der Waals surface area contributed by atoms with Gasteiger partial charge in [0.25, 0.3) is 0 Å². The predicted octanol–water partition coefficient (Wildman–Crippen LogP) is 4.05. The number of hydrogen-bond acceptors (Lipinski definition) is 6. The number of amides is 1. The third kappa shape index (κ3) is 3.78. The molecular formula is C19H17F3N2O5. The smallest absolute Gasteiger partial charge is 0.471 e. The summed E-state index contributed by atoms with van der Waals surface area (Å²) in [7, 11) is 5.44. The predicted molar refractivity (Wildman–Crippen MR) is 98.6 cm³/mol. The van der Waals surface area contributed by atoms with Crippen molar-refractivity contribution in [2.24, 2.45) is 0 Å². The molecular weight excluding hydrogens is 393 g/mol. The van der Waals surface area contributed by atoms with Crippen molar-refractivity contribution in [3.05, 3.63) is 30.3 Å². The average Bonchev–Trinajstić information content (AvgIpc) is 3.14. The Morgan fingerprint density at radius 2 is 1.66 bits per heavy atom. The Labute approximate surface area is 163 Å². The summed E-state index contributed by atoms with van der Waals surface area (Å²) in [5, 5.41) is 0. The molecule has 0 spiro atoms. The quantitative estimate of drug-likeness (QED) is 0.632. The molecule has 0 saturated heterocycles. The minimum absolute atomic E-state index is 0.0208. The molecule has 10 heteroatoms. The van der Waals surface area contributed by atoms with Gasteiger partial charge in [-0.1, -0.05) is 0 Å². The summed E-state index contributed by atoms with van der Waals surface area (Å²) in [6, 6.07) is 7.40. The van der Waals surface area contributed by atoms with Crippen LogP contribution in [0.1, 0.15) is 0 Å². The number of hydrogen-bond donors (Lipinski definition) is 0. The fraction of sp³-hybridized carbons (Fsp3) is 0.263. The zero-order chi connectivity index (χ0) is 21.3. The van der Waals surface area contributed by atoms with Crippen LogP contribution in [0.4, 0.5) is 18.9 Å². The van der Waals surface area contributed by atoms with Crippen molar-refractivity contribution >= 4 is 22.7 Å². The monoisotopic (exact) mass is 410 g/mol. The van der Waals surface area contributed by atoms with Crippen LogP contribution >= 0.6 is 0 Å². The summed E-state index contributed by atoms with van der Waals surface area (Å²) >= 11 is 0. The summed E-state index contributed by atoms with van der Waals surface area (Å²) in [6.07, 6.45) is -4.98. The number of aromatic nitrogens is 1. The minimum atomic E-state index is -4.98. The number of anilines is 1. The highest BCUT2D eigenvalue weighted by atomic mass is 19.4. The van der Waals surface area contributed by atoms with Crippen molar-refractivity contribution in [3.63, 3.8) is 0 Å². The molecule has 0 aliphatic carbocycles. The van der Waals surface area contributed by atoms with Crippen LogP contribution in [-0.2, 0) is 4.79 Å². The van der Waals surface area contributed by atoms with Gasteiger partial charge in [0.15, 0.2) is 17.1 Å². The second-order valence-corrected chi connectivity index (χ2v) is 5.95. The van der Waals surface area contributed by atoms with Gasteiger partial charge in [0.2, 0.25) is 11.6 Å². The number of carbonyl (C=O) groups excluding carboxylic acids is 1. The first kappa shape index (κ1) is 20.3. The lowest BCUT2D eigenvalue weighted by Gasteiger charge is -2.18. The zero-order valence-corrected chi connectivity index (χ0v) is 16.0. The summed E-state index contributed by atoms with van der Waals surface area (Å²) in [5.74, 6) is -0.618. The lowest BCUT2D eigenvalue weighted by Crippen LogP contribution is -2.38. The van der Waals surface area contributed by atoms with E-state index >= 15 is 0 Å². The van der Waals surface area contributed by atoms with Crippen LogP contribution in [0.3, 0.4) is 0 Å². The van der Waals surface area contributed by atoms with Crippen molar-refractivity contribution < 1.29 is 36.6 Å². The van der Waals surface area contributed by atoms with Crippen molar-refractivity contribution in [1.82, 2.24) is 4.98 Å². The van der Waals surface area contributed by atoms with Crippen molar-refractivity contribution in [3.8, 4) is 28.7 Å². The Morgan fingerprint density at radius 1 is 1.03 bits per heavy atom. The van der Waals surface area contributed by atoms with Gasteiger partial charge in [0.1, 0.15) is 5.52 Å². The number of oxazole rings is 1. The Morgan fingerprint density at radius 3 is 2.17 bits per heavy atom. The van der Waals surface area contributed by atoms with E-state index in [9.17, 15) is 18.0 Å². The van der Waals surface area contributed by atoms with Crippen LogP contribution in [0.15, 0.2) is 34.7 Å². The standard InChI is InChI=1S/C19H17F3N2O5/c1-24(18(25)19(20,21)22)11-5-6-12-13(9-11)29-17(23-12)10-7-14(26-2)16(28-4)15(8-10)27-3/h5-9H,1-4H3. The molecule has 0 bridgehead atoms. The first-order valence-corrected chi connectivity index (χ1v) is 8.25. The van der Waals surface area contributed by atoms with Crippen LogP contribution in [-0.4, -0.2) is 45.4 Å². The molecule has 0 atom stereocenters. The summed E-state index contributed by atoms with van der Waals surface area (Å²) in [5.41, 5.74) is 1.16. The number of alkyl halides is 3. The molecule has 7 nitrogen and oxygen atoms in total. The molecule has 1 aromatic heterocycles. The first-order valence-electron chi connectivity index (χ1n) is 8.25. The number of methoxy groups -OCH3 is 3. The van der Waals surface area contributed by atoms with Crippen molar-refractivity contribution in [1.29, 1.82) is 0 Å². The lowest BCUT2D eigenvalue weighted by atomic mass is 10.2.